The van der Waals surface area contributed by atoms with E-state index in [2.05, 4.69) is 62.4 Å². The second-order valence-corrected chi connectivity index (χ2v) is 5.24. The van der Waals surface area contributed by atoms with Crippen molar-refractivity contribution in [3.05, 3.63) is 59.7 Å². The molecule has 0 spiro atoms. The monoisotopic (exact) mass is 268 g/mol. The molecule has 0 aliphatic rings. The zero-order valence-electron chi connectivity index (χ0n) is 9.23. The molecule has 0 radical (unpaired) electrons. The third kappa shape index (κ3) is 3.28. The smallest absolute Gasteiger partial charge is 0 e. The Labute approximate surface area is 113 Å². The van der Waals surface area contributed by atoms with Gasteiger partial charge in [0.1, 0.15) is 0 Å². The van der Waals surface area contributed by atoms with Gasteiger partial charge in [-0.25, -0.2) is 12.1 Å². The molecule has 88 valence electrons. The van der Waals surface area contributed by atoms with Crippen LogP contribution in [0.4, 0.5) is 0 Å². The van der Waals surface area contributed by atoms with Gasteiger partial charge in [0.05, 0.1) is 0 Å². The summed E-state index contributed by atoms with van der Waals surface area (Å²) in [5, 5.41) is 0.907. The van der Waals surface area contributed by atoms with Gasteiger partial charge in [0.15, 0.2) is 0 Å². The van der Waals surface area contributed by atoms with E-state index >= 15 is 0 Å². The summed E-state index contributed by atoms with van der Waals surface area (Å²) in [6.45, 7) is 4.40. The first-order valence-corrected chi connectivity index (χ1v) is 5.97. The Morgan fingerprint density at radius 1 is 1.00 bits per heavy atom. The van der Waals surface area contributed by atoms with Crippen LogP contribution in [0.15, 0.2) is 24.3 Å². The van der Waals surface area contributed by atoms with Crippen molar-refractivity contribution in [3.63, 3.8) is 0 Å². The summed E-state index contributed by atoms with van der Waals surface area (Å²) >= 11 is 1.91. The zero-order chi connectivity index (χ0) is 10.7. The van der Waals surface area contributed by atoms with E-state index in [1.165, 1.54) is 5.56 Å². The minimum absolute atomic E-state index is 0. The second kappa shape index (κ2) is 6.34. The minimum atomic E-state index is 0. The van der Waals surface area contributed by atoms with E-state index in [1.54, 1.807) is 0 Å². The van der Waals surface area contributed by atoms with Gasteiger partial charge in [-0.15, -0.1) is 5.56 Å². The molecule has 0 bridgehead atoms. The molecule has 0 saturated heterocycles. The van der Waals surface area contributed by atoms with Gasteiger partial charge in [0.2, 0.25) is 0 Å². The Morgan fingerprint density at radius 3 is 2.12 bits per heavy atom. The average Bonchev–Trinajstić information content (AvgIpc) is 2.91. The molecule has 0 aromatic heterocycles. The van der Waals surface area contributed by atoms with E-state index in [4.69, 9.17) is 0 Å². The van der Waals surface area contributed by atoms with Gasteiger partial charge < -0.3 is 29.8 Å². The van der Waals surface area contributed by atoms with Crippen molar-refractivity contribution in [2.24, 2.45) is 0 Å². The summed E-state index contributed by atoms with van der Waals surface area (Å²) in [5.41, 5.74) is 2.45. The molecule has 0 heterocycles. The molecule has 2 atom stereocenters. The minimum Gasteiger partial charge on any atom is -0.998 e. The van der Waals surface area contributed by atoms with Crippen molar-refractivity contribution in [1.82, 2.24) is 0 Å². The molecule has 0 aliphatic heterocycles. The Kier molecular flexibility index (Phi) is 5.40. The van der Waals surface area contributed by atoms with Crippen LogP contribution in [0.1, 0.15) is 35.5 Å². The Bertz CT molecular complexity index is 337. The maximum atomic E-state index is 3.03. The Balaban J connectivity index is 0.00000128. The van der Waals surface area contributed by atoms with Crippen LogP contribution >= 0.6 is 11.8 Å². The fraction of sp³-hybridized carbons (Fsp3) is 0.286. The van der Waals surface area contributed by atoms with Crippen LogP contribution < -0.4 is 0 Å². The Hall–Kier alpha value is -0.431. The first-order chi connectivity index (χ1) is 7.27. The van der Waals surface area contributed by atoms with Crippen LogP contribution in [0.25, 0.3) is 0 Å². The molecule has 0 N–H and O–H groups in total. The van der Waals surface area contributed by atoms with Gasteiger partial charge in [0, 0.05) is 17.1 Å². The second-order valence-electron chi connectivity index (χ2n) is 3.55. The molecule has 2 rings (SSSR count). The van der Waals surface area contributed by atoms with E-state index in [0.29, 0.717) is 10.5 Å². The molecular weight excluding hydrogens is 256 g/mol. The molecule has 2 unspecified atom stereocenters. The molecule has 0 amide bonds. The quantitative estimate of drug-likeness (QED) is 0.599. The van der Waals surface area contributed by atoms with Gasteiger partial charge in [0.25, 0.3) is 0 Å². The number of hydrogen-bond acceptors (Lipinski definition) is 1. The molecule has 2 aromatic rings. The summed E-state index contributed by atoms with van der Waals surface area (Å²) in [6.07, 6.45) is 0. The van der Waals surface area contributed by atoms with Crippen molar-refractivity contribution < 1.29 is 17.1 Å². The van der Waals surface area contributed by atoms with E-state index < -0.39 is 0 Å². The third-order valence-electron chi connectivity index (χ3n) is 2.43. The zero-order valence-corrected chi connectivity index (χ0v) is 11.1. The van der Waals surface area contributed by atoms with Crippen molar-refractivity contribution in [1.29, 1.82) is 0 Å². The Morgan fingerprint density at radius 2 is 1.56 bits per heavy atom. The SMILES string of the molecule is CC(SC(C)[c-]1cccc1)[c-]1[c-][c-][c-][c-]1.[Fe]. The molecule has 0 nitrogen and oxygen atoms in total. The molecule has 2 aromatic carbocycles. The molecule has 0 saturated carbocycles. The number of rotatable bonds is 4. The van der Waals surface area contributed by atoms with E-state index in [-0.39, 0.29) is 17.1 Å². The molecule has 0 fully saturated rings. The fourth-order valence-corrected chi connectivity index (χ4v) is 2.72. The summed E-state index contributed by atoms with van der Waals surface area (Å²) in [7, 11) is 0. The van der Waals surface area contributed by atoms with Crippen LogP contribution in [-0.4, -0.2) is 0 Å². The summed E-state index contributed by atoms with van der Waals surface area (Å²) in [6, 6.07) is 20.2. The molecule has 2 heteroatoms. The maximum Gasteiger partial charge on any atom is 0 e. The third-order valence-corrected chi connectivity index (χ3v) is 3.75. The van der Waals surface area contributed by atoms with Gasteiger partial charge in [-0.2, -0.15) is 29.1 Å². The van der Waals surface area contributed by atoms with Crippen LogP contribution in [0.2, 0.25) is 0 Å². The van der Waals surface area contributed by atoms with Crippen molar-refractivity contribution in [2.75, 3.05) is 0 Å². The first kappa shape index (κ1) is 13.6. The summed E-state index contributed by atoms with van der Waals surface area (Å²) in [4.78, 5) is 0. The first-order valence-electron chi connectivity index (χ1n) is 5.03. The standard InChI is InChI=1S/C14H12S.Fe/c1-11(13-7-3-4-8-13)15-12(2)14-9-5-6-10-14;/h3-4,7-8,11-12H,1-2H3;/q-6;. The van der Waals surface area contributed by atoms with E-state index in [1.807, 2.05) is 11.8 Å². The van der Waals surface area contributed by atoms with E-state index in [9.17, 15) is 0 Å². The molecule has 16 heavy (non-hydrogen) atoms. The normalized spacial score (nSPS) is 14.1. The van der Waals surface area contributed by atoms with Crippen LogP contribution in [0.5, 0.6) is 0 Å². The predicted octanol–water partition coefficient (Wildman–Crippen LogP) is 3.88. The topological polar surface area (TPSA) is 0 Å². The van der Waals surface area contributed by atoms with Crippen molar-refractivity contribution in [2.45, 2.75) is 24.3 Å². The molecule has 0 aliphatic carbocycles. The predicted molar refractivity (Wildman–Crippen MR) is 63.8 cm³/mol. The number of hydrogen-bond donors (Lipinski definition) is 0. The van der Waals surface area contributed by atoms with Crippen molar-refractivity contribution in [3.8, 4) is 0 Å². The molecular formula is C14H12FeS-6. The van der Waals surface area contributed by atoms with Gasteiger partial charge in [-0.1, -0.05) is 13.8 Å². The maximum absolute atomic E-state index is 3.03. The average molecular weight is 268 g/mol. The van der Waals surface area contributed by atoms with Crippen LogP contribution in [0.3, 0.4) is 0 Å². The van der Waals surface area contributed by atoms with Gasteiger partial charge >= 0.3 is 0 Å². The number of thioether (sulfide) groups is 1. The van der Waals surface area contributed by atoms with Gasteiger partial charge in [-0.3, -0.25) is 0 Å². The van der Waals surface area contributed by atoms with Gasteiger partial charge in [-0.05, 0) is 5.25 Å². The van der Waals surface area contributed by atoms with Crippen LogP contribution in [0, 0.1) is 24.3 Å². The van der Waals surface area contributed by atoms with Crippen molar-refractivity contribution >= 4 is 11.8 Å². The largest absolute Gasteiger partial charge is 0.998 e. The van der Waals surface area contributed by atoms with Crippen LogP contribution in [-0.2, 0) is 17.1 Å². The fourth-order valence-electron chi connectivity index (χ4n) is 1.54. The summed E-state index contributed by atoms with van der Waals surface area (Å²) in [5.74, 6) is 0. The summed E-state index contributed by atoms with van der Waals surface area (Å²) < 4.78 is 0. The van der Waals surface area contributed by atoms with E-state index in [0.717, 1.165) is 5.56 Å².